The molecule has 1 fully saturated rings. The number of nitrogens with one attached hydrogen (secondary N) is 1. The molecule has 0 saturated heterocycles. The van der Waals surface area contributed by atoms with Crippen LogP contribution in [0.2, 0.25) is 0 Å². The zero-order valence-corrected chi connectivity index (χ0v) is 20.9. The molecule has 1 saturated carbocycles. The molecule has 2 aromatic carbocycles. The summed E-state index contributed by atoms with van der Waals surface area (Å²) in [6.07, 6.45) is 5.77. The predicted molar refractivity (Wildman–Crippen MR) is 138 cm³/mol. The van der Waals surface area contributed by atoms with Gasteiger partial charge in [-0.1, -0.05) is 56.5 Å². The fourth-order valence-corrected chi connectivity index (χ4v) is 5.37. The topological polar surface area (TPSA) is 79.7 Å². The normalized spacial score (nSPS) is 15.7. The summed E-state index contributed by atoms with van der Waals surface area (Å²) in [5.41, 5.74) is 5.02. The molecule has 1 atom stereocenters. The summed E-state index contributed by atoms with van der Waals surface area (Å²) in [4.78, 5) is 19.0. The second kappa shape index (κ2) is 10.1. The van der Waals surface area contributed by atoms with Crippen LogP contribution in [0.15, 0.2) is 53.3 Å². The van der Waals surface area contributed by atoms with Gasteiger partial charge < -0.3 is 4.98 Å². The minimum Gasteiger partial charge on any atom is -0.322 e. The number of fused-ring (bicyclic) bond motifs is 1. The third kappa shape index (κ3) is 4.78. The van der Waals surface area contributed by atoms with Gasteiger partial charge in [-0.2, -0.15) is 0 Å². The van der Waals surface area contributed by atoms with E-state index in [0.717, 1.165) is 41.7 Å². The number of aromatic nitrogens is 5. The molecule has 0 aliphatic heterocycles. The molecule has 4 aromatic rings. The lowest BCUT2D eigenvalue weighted by Gasteiger charge is -2.32. The molecule has 5 rings (SSSR count). The number of rotatable bonds is 7. The average molecular weight is 471 g/mol. The summed E-state index contributed by atoms with van der Waals surface area (Å²) in [5, 5.41) is 14.1. The van der Waals surface area contributed by atoms with Gasteiger partial charge in [0.05, 0.1) is 6.04 Å². The van der Waals surface area contributed by atoms with Gasteiger partial charge in [0.2, 0.25) is 0 Å². The van der Waals surface area contributed by atoms with Crippen LogP contribution < -0.4 is 5.56 Å². The van der Waals surface area contributed by atoms with Crippen LogP contribution in [0.3, 0.4) is 0 Å². The standard InChI is InChI=1S/C28H34N6O/c1-4-33(18-21-11-7-5-8-12-21)26(27-30-31-32-34(27)23-13-9-6-10-14-23)24-17-22-15-19(2)20(3)16-25(22)29-28(24)35/h5,7-8,11-12,15-17,23,26H,4,6,9-10,13-14,18H2,1-3H3,(H,29,35)/t26-/m1/s1. The van der Waals surface area contributed by atoms with Crippen LogP contribution in [0.1, 0.15) is 79.2 Å². The first-order valence-corrected chi connectivity index (χ1v) is 12.7. The van der Waals surface area contributed by atoms with Crippen molar-refractivity contribution in [2.45, 2.75) is 71.5 Å². The first-order valence-electron chi connectivity index (χ1n) is 12.7. The molecule has 2 aromatic heterocycles. The number of nitrogens with zero attached hydrogens (tertiary/aromatic N) is 5. The molecule has 1 aliphatic rings. The molecular formula is C28H34N6O. The van der Waals surface area contributed by atoms with Crippen LogP contribution in [0.4, 0.5) is 0 Å². The fourth-order valence-electron chi connectivity index (χ4n) is 5.37. The molecule has 0 bridgehead atoms. The van der Waals surface area contributed by atoms with E-state index in [1.54, 1.807) is 0 Å². The SMILES string of the molecule is CCN(Cc1ccccc1)[C@H](c1cc2cc(C)c(C)cc2[nH]c1=O)c1nnnn1C1CCCCC1. The molecule has 1 aliphatic carbocycles. The molecule has 2 heterocycles. The fraction of sp³-hybridized carbons (Fsp3) is 0.429. The lowest BCUT2D eigenvalue weighted by atomic mass is 9.95. The molecule has 182 valence electrons. The van der Waals surface area contributed by atoms with E-state index in [2.05, 4.69) is 82.6 Å². The minimum atomic E-state index is -0.355. The van der Waals surface area contributed by atoms with Crippen molar-refractivity contribution in [3.8, 4) is 0 Å². The molecular weight excluding hydrogens is 436 g/mol. The number of benzene rings is 2. The second-order valence-electron chi connectivity index (χ2n) is 9.80. The summed E-state index contributed by atoms with van der Waals surface area (Å²) in [7, 11) is 0. The highest BCUT2D eigenvalue weighted by molar-refractivity contribution is 5.81. The van der Waals surface area contributed by atoms with Crippen molar-refractivity contribution in [1.29, 1.82) is 0 Å². The van der Waals surface area contributed by atoms with Crippen LogP contribution in [0, 0.1) is 13.8 Å². The summed E-state index contributed by atoms with van der Waals surface area (Å²) in [6.45, 7) is 7.76. The van der Waals surface area contributed by atoms with Gasteiger partial charge in [-0.25, -0.2) is 4.68 Å². The van der Waals surface area contributed by atoms with Crippen LogP contribution in [-0.2, 0) is 6.54 Å². The van der Waals surface area contributed by atoms with Gasteiger partial charge >= 0.3 is 0 Å². The van der Waals surface area contributed by atoms with Gasteiger partial charge in [0.1, 0.15) is 6.04 Å². The van der Waals surface area contributed by atoms with E-state index in [0.29, 0.717) is 12.1 Å². The predicted octanol–water partition coefficient (Wildman–Crippen LogP) is 5.25. The number of hydrogen-bond acceptors (Lipinski definition) is 5. The van der Waals surface area contributed by atoms with Crippen LogP contribution in [-0.4, -0.2) is 36.6 Å². The molecule has 7 heteroatoms. The number of aromatic amines is 1. The van der Waals surface area contributed by atoms with Crippen LogP contribution in [0.25, 0.3) is 10.9 Å². The average Bonchev–Trinajstić information content (AvgIpc) is 3.36. The van der Waals surface area contributed by atoms with Crippen molar-refractivity contribution >= 4 is 10.9 Å². The van der Waals surface area contributed by atoms with E-state index >= 15 is 0 Å². The van der Waals surface area contributed by atoms with Crippen molar-refractivity contribution in [1.82, 2.24) is 30.1 Å². The Morgan fingerprint density at radius 3 is 2.54 bits per heavy atom. The first-order chi connectivity index (χ1) is 17.0. The zero-order valence-electron chi connectivity index (χ0n) is 20.9. The maximum absolute atomic E-state index is 13.6. The van der Waals surface area contributed by atoms with Gasteiger partial charge in [0.15, 0.2) is 5.82 Å². The lowest BCUT2D eigenvalue weighted by molar-refractivity contribution is 0.204. The minimum absolute atomic E-state index is 0.0875. The number of hydrogen-bond donors (Lipinski definition) is 1. The van der Waals surface area contributed by atoms with E-state index < -0.39 is 0 Å². The number of tetrazole rings is 1. The Labute approximate surface area is 206 Å². The molecule has 0 radical (unpaired) electrons. The van der Waals surface area contributed by atoms with Crippen molar-refractivity contribution in [2.24, 2.45) is 0 Å². The second-order valence-corrected chi connectivity index (χ2v) is 9.80. The summed E-state index contributed by atoms with van der Waals surface area (Å²) in [5.74, 6) is 0.753. The summed E-state index contributed by atoms with van der Waals surface area (Å²) >= 11 is 0. The molecule has 1 N–H and O–H groups in total. The van der Waals surface area contributed by atoms with Crippen molar-refractivity contribution in [2.75, 3.05) is 6.54 Å². The number of H-pyrrole nitrogens is 1. The molecule has 0 unspecified atom stereocenters. The lowest BCUT2D eigenvalue weighted by Crippen LogP contribution is -2.35. The van der Waals surface area contributed by atoms with Gasteiger partial charge in [0.25, 0.3) is 5.56 Å². The van der Waals surface area contributed by atoms with Crippen molar-refractivity contribution in [3.05, 3.63) is 87.0 Å². The third-order valence-corrected chi connectivity index (χ3v) is 7.47. The Kier molecular flexibility index (Phi) is 6.77. The van der Waals surface area contributed by atoms with E-state index in [1.807, 2.05) is 16.8 Å². The largest absolute Gasteiger partial charge is 0.322 e. The molecule has 0 spiro atoms. The van der Waals surface area contributed by atoms with Gasteiger partial charge in [-0.3, -0.25) is 9.69 Å². The first kappa shape index (κ1) is 23.4. The van der Waals surface area contributed by atoms with E-state index in [-0.39, 0.29) is 17.6 Å². The number of aryl methyl sites for hydroxylation is 2. The number of pyridine rings is 1. The van der Waals surface area contributed by atoms with Crippen molar-refractivity contribution in [3.63, 3.8) is 0 Å². The summed E-state index contributed by atoms with van der Waals surface area (Å²) in [6, 6.07) is 16.6. The summed E-state index contributed by atoms with van der Waals surface area (Å²) < 4.78 is 2.00. The maximum Gasteiger partial charge on any atom is 0.253 e. The highest BCUT2D eigenvalue weighted by Gasteiger charge is 2.32. The zero-order chi connectivity index (χ0) is 24.4. The highest BCUT2D eigenvalue weighted by Crippen LogP contribution is 2.33. The van der Waals surface area contributed by atoms with Gasteiger partial charge in [0, 0.05) is 17.6 Å². The Morgan fingerprint density at radius 2 is 1.80 bits per heavy atom. The highest BCUT2D eigenvalue weighted by atomic mass is 16.1. The van der Waals surface area contributed by atoms with E-state index in [4.69, 9.17) is 0 Å². The Hall–Kier alpha value is -3.32. The van der Waals surface area contributed by atoms with Gasteiger partial charge in [-0.15, -0.1) is 5.10 Å². The van der Waals surface area contributed by atoms with E-state index in [9.17, 15) is 4.79 Å². The Morgan fingerprint density at radius 1 is 1.06 bits per heavy atom. The quantitative estimate of drug-likeness (QED) is 0.399. The van der Waals surface area contributed by atoms with Crippen LogP contribution in [0.5, 0.6) is 0 Å². The van der Waals surface area contributed by atoms with E-state index in [1.165, 1.54) is 30.4 Å². The third-order valence-electron chi connectivity index (χ3n) is 7.47. The smallest absolute Gasteiger partial charge is 0.253 e. The Balaban J connectivity index is 1.66. The van der Waals surface area contributed by atoms with Crippen molar-refractivity contribution < 1.29 is 0 Å². The molecule has 0 amide bonds. The van der Waals surface area contributed by atoms with Crippen LogP contribution >= 0.6 is 0 Å². The monoisotopic (exact) mass is 470 g/mol. The van der Waals surface area contributed by atoms with Gasteiger partial charge in [-0.05, 0) is 83.9 Å². The molecule has 7 nitrogen and oxygen atoms in total. The maximum atomic E-state index is 13.6. The molecule has 35 heavy (non-hydrogen) atoms. The Bertz CT molecular complexity index is 1350.